The topological polar surface area (TPSA) is 60.4 Å². The molecular weight excluding hydrogens is 252 g/mol. The lowest BCUT2D eigenvalue weighted by Crippen LogP contribution is -2.22. The van der Waals surface area contributed by atoms with Crippen LogP contribution >= 0.6 is 0 Å². The lowest BCUT2D eigenvalue weighted by Gasteiger charge is -2.13. The second kappa shape index (κ2) is 4.72. The van der Waals surface area contributed by atoms with Gasteiger partial charge in [-0.25, -0.2) is 8.42 Å². The monoisotopic (exact) mass is 268 g/mol. The standard InChI is InChI=1S/C13H16O4S/c1-9-3-5-12(6-4-9)18(15,16)8-11-7-13(14)17-10(11)2/h3-6,10-11H,7-8H2,1-2H3/t10-,11+/m0/s1. The van der Waals surface area contributed by atoms with Crippen LogP contribution in [-0.4, -0.2) is 26.2 Å². The summed E-state index contributed by atoms with van der Waals surface area (Å²) in [4.78, 5) is 11.4. The van der Waals surface area contributed by atoms with Crippen molar-refractivity contribution in [2.45, 2.75) is 31.3 Å². The zero-order valence-electron chi connectivity index (χ0n) is 10.4. The van der Waals surface area contributed by atoms with Gasteiger partial charge in [0.2, 0.25) is 0 Å². The van der Waals surface area contributed by atoms with Gasteiger partial charge < -0.3 is 4.74 Å². The largest absolute Gasteiger partial charge is 0.462 e. The smallest absolute Gasteiger partial charge is 0.306 e. The molecule has 1 fully saturated rings. The first kappa shape index (κ1) is 13.1. The van der Waals surface area contributed by atoms with Crippen LogP contribution in [-0.2, 0) is 19.4 Å². The third-order valence-electron chi connectivity index (χ3n) is 3.22. The van der Waals surface area contributed by atoms with Crippen molar-refractivity contribution in [3.8, 4) is 0 Å². The maximum atomic E-state index is 12.2. The van der Waals surface area contributed by atoms with E-state index in [1.807, 2.05) is 6.92 Å². The number of aryl methyl sites for hydroxylation is 1. The maximum Gasteiger partial charge on any atom is 0.306 e. The van der Waals surface area contributed by atoms with Gasteiger partial charge in [-0.2, -0.15) is 0 Å². The molecule has 1 aromatic carbocycles. The average Bonchev–Trinajstić information content (AvgIpc) is 2.57. The van der Waals surface area contributed by atoms with Crippen LogP contribution in [0.15, 0.2) is 29.2 Å². The van der Waals surface area contributed by atoms with Crippen LogP contribution < -0.4 is 0 Å². The molecule has 0 bridgehead atoms. The first-order chi connectivity index (χ1) is 8.38. The van der Waals surface area contributed by atoms with Gasteiger partial charge in [-0.05, 0) is 26.0 Å². The fourth-order valence-corrected chi connectivity index (χ4v) is 3.75. The summed E-state index contributed by atoms with van der Waals surface area (Å²) in [5.41, 5.74) is 1.02. The molecule has 0 saturated carbocycles. The Morgan fingerprint density at radius 2 is 1.89 bits per heavy atom. The number of carbonyl (C=O) groups is 1. The van der Waals surface area contributed by atoms with Crippen molar-refractivity contribution < 1.29 is 17.9 Å². The van der Waals surface area contributed by atoms with Crippen LogP contribution in [0.5, 0.6) is 0 Å². The van der Waals surface area contributed by atoms with Crippen molar-refractivity contribution >= 4 is 15.8 Å². The van der Waals surface area contributed by atoms with E-state index >= 15 is 0 Å². The van der Waals surface area contributed by atoms with Crippen LogP contribution in [0.1, 0.15) is 18.9 Å². The van der Waals surface area contributed by atoms with Crippen LogP contribution in [0.3, 0.4) is 0 Å². The molecule has 0 amide bonds. The van der Waals surface area contributed by atoms with Gasteiger partial charge in [0.05, 0.1) is 17.1 Å². The van der Waals surface area contributed by atoms with Crippen molar-refractivity contribution in [1.82, 2.24) is 0 Å². The van der Waals surface area contributed by atoms with E-state index in [4.69, 9.17) is 4.74 Å². The SMILES string of the molecule is Cc1ccc(S(=O)(=O)C[C@H]2CC(=O)O[C@H]2C)cc1. The highest BCUT2D eigenvalue weighted by atomic mass is 32.2. The minimum absolute atomic E-state index is 0.0387. The molecule has 2 rings (SSSR count). The van der Waals surface area contributed by atoms with Gasteiger partial charge in [0, 0.05) is 5.92 Å². The number of cyclic esters (lactones) is 1. The van der Waals surface area contributed by atoms with Gasteiger partial charge in [-0.1, -0.05) is 17.7 Å². The Bertz CT molecular complexity index is 545. The number of esters is 1. The summed E-state index contributed by atoms with van der Waals surface area (Å²) in [6.45, 7) is 3.64. The lowest BCUT2D eigenvalue weighted by atomic mass is 10.1. The zero-order valence-corrected chi connectivity index (χ0v) is 11.2. The molecule has 98 valence electrons. The van der Waals surface area contributed by atoms with Gasteiger partial charge in [0.1, 0.15) is 6.10 Å². The van der Waals surface area contributed by atoms with Gasteiger partial charge in [-0.3, -0.25) is 4.79 Å². The van der Waals surface area contributed by atoms with E-state index in [-0.39, 0.29) is 30.2 Å². The maximum absolute atomic E-state index is 12.2. The molecule has 0 radical (unpaired) electrons. The van der Waals surface area contributed by atoms with E-state index in [1.165, 1.54) is 0 Å². The Labute approximate surface area is 107 Å². The minimum atomic E-state index is -3.35. The normalized spacial score (nSPS) is 24.0. The fraction of sp³-hybridized carbons (Fsp3) is 0.462. The Morgan fingerprint density at radius 3 is 2.39 bits per heavy atom. The summed E-state index contributed by atoms with van der Waals surface area (Å²) in [7, 11) is -3.35. The minimum Gasteiger partial charge on any atom is -0.462 e. The molecule has 1 heterocycles. The number of hydrogen-bond donors (Lipinski definition) is 0. The molecule has 2 atom stereocenters. The number of rotatable bonds is 3. The van der Waals surface area contributed by atoms with Crippen molar-refractivity contribution in [3.05, 3.63) is 29.8 Å². The van der Waals surface area contributed by atoms with E-state index in [0.29, 0.717) is 4.90 Å². The van der Waals surface area contributed by atoms with Crippen molar-refractivity contribution in [2.24, 2.45) is 5.92 Å². The summed E-state index contributed by atoms with van der Waals surface area (Å²) >= 11 is 0. The predicted molar refractivity (Wildman–Crippen MR) is 66.9 cm³/mol. The molecule has 0 aromatic heterocycles. The second-order valence-electron chi connectivity index (χ2n) is 4.75. The van der Waals surface area contributed by atoms with Gasteiger partial charge in [0.15, 0.2) is 9.84 Å². The number of ether oxygens (including phenoxy) is 1. The molecule has 0 spiro atoms. The van der Waals surface area contributed by atoms with E-state index in [0.717, 1.165) is 5.56 Å². The van der Waals surface area contributed by atoms with Crippen LogP contribution in [0.2, 0.25) is 0 Å². The summed E-state index contributed by atoms with van der Waals surface area (Å²) < 4.78 is 29.3. The summed E-state index contributed by atoms with van der Waals surface area (Å²) in [6.07, 6.45) is -0.135. The van der Waals surface area contributed by atoms with E-state index in [1.54, 1.807) is 31.2 Å². The highest BCUT2D eigenvalue weighted by Gasteiger charge is 2.35. The third-order valence-corrected chi connectivity index (χ3v) is 5.08. The van der Waals surface area contributed by atoms with Crippen molar-refractivity contribution in [2.75, 3.05) is 5.75 Å². The molecule has 1 aliphatic rings. The Balaban J connectivity index is 2.17. The fourth-order valence-electron chi connectivity index (χ4n) is 2.05. The van der Waals surface area contributed by atoms with Gasteiger partial charge in [-0.15, -0.1) is 0 Å². The predicted octanol–water partition coefficient (Wildman–Crippen LogP) is 1.72. The van der Waals surface area contributed by atoms with Crippen LogP contribution in [0.4, 0.5) is 0 Å². The molecule has 1 aromatic rings. The third kappa shape index (κ3) is 2.72. The molecular formula is C13H16O4S. The average molecular weight is 268 g/mol. The molecule has 0 N–H and O–H groups in total. The van der Waals surface area contributed by atoms with Crippen LogP contribution in [0, 0.1) is 12.8 Å². The van der Waals surface area contributed by atoms with Crippen molar-refractivity contribution in [1.29, 1.82) is 0 Å². The zero-order chi connectivity index (χ0) is 13.3. The first-order valence-corrected chi connectivity index (χ1v) is 7.52. The molecule has 5 heteroatoms. The van der Waals surface area contributed by atoms with Gasteiger partial charge >= 0.3 is 5.97 Å². The second-order valence-corrected chi connectivity index (χ2v) is 6.79. The molecule has 18 heavy (non-hydrogen) atoms. The Kier molecular flexibility index (Phi) is 3.43. The molecule has 0 aliphatic carbocycles. The molecule has 4 nitrogen and oxygen atoms in total. The number of carbonyl (C=O) groups excluding carboxylic acids is 1. The number of benzene rings is 1. The quantitative estimate of drug-likeness (QED) is 0.783. The van der Waals surface area contributed by atoms with Crippen LogP contribution in [0.25, 0.3) is 0 Å². The van der Waals surface area contributed by atoms with Crippen molar-refractivity contribution in [3.63, 3.8) is 0 Å². The molecule has 1 aliphatic heterocycles. The summed E-state index contributed by atoms with van der Waals surface area (Å²) in [6, 6.07) is 6.75. The van der Waals surface area contributed by atoms with E-state index < -0.39 is 9.84 Å². The Morgan fingerprint density at radius 1 is 1.28 bits per heavy atom. The molecule has 1 saturated heterocycles. The number of sulfone groups is 1. The van der Waals surface area contributed by atoms with E-state index in [9.17, 15) is 13.2 Å². The summed E-state index contributed by atoms with van der Waals surface area (Å²) in [5, 5.41) is 0. The lowest BCUT2D eigenvalue weighted by molar-refractivity contribution is -0.140. The van der Waals surface area contributed by atoms with E-state index in [2.05, 4.69) is 0 Å². The first-order valence-electron chi connectivity index (χ1n) is 5.87. The Hall–Kier alpha value is -1.36. The highest BCUT2D eigenvalue weighted by Crippen LogP contribution is 2.26. The van der Waals surface area contributed by atoms with Gasteiger partial charge in [0.25, 0.3) is 0 Å². The molecule has 0 unspecified atom stereocenters. The number of hydrogen-bond acceptors (Lipinski definition) is 4. The summed E-state index contributed by atoms with van der Waals surface area (Å²) in [5.74, 6) is -0.599. The highest BCUT2D eigenvalue weighted by molar-refractivity contribution is 7.91.